The highest BCUT2D eigenvalue weighted by Crippen LogP contribution is 2.31. The van der Waals surface area contributed by atoms with Gasteiger partial charge in [-0.15, -0.1) is 0 Å². The third-order valence-electron chi connectivity index (χ3n) is 4.87. The Labute approximate surface area is 165 Å². The topological polar surface area (TPSA) is 0 Å². The van der Waals surface area contributed by atoms with Crippen LogP contribution in [0.3, 0.4) is 0 Å². The second-order valence-corrected chi connectivity index (χ2v) is 23.4. The molecule has 0 aromatic heterocycles. The van der Waals surface area contributed by atoms with Gasteiger partial charge in [0.15, 0.2) is 0 Å². The fraction of sp³-hybridized carbons (Fsp3) is 0.478. The van der Waals surface area contributed by atoms with Crippen LogP contribution in [0.2, 0.25) is 39.3 Å². The Bertz CT molecular complexity index is 701. The van der Waals surface area contributed by atoms with Crippen LogP contribution in [0.1, 0.15) is 22.3 Å². The smallest absolute Gasteiger partial charge is 0.0487 e. The summed E-state index contributed by atoms with van der Waals surface area (Å²) < 4.78 is 0. The largest absolute Gasteiger partial charge is 0.0693 e. The number of hydrogen-bond acceptors (Lipinski definition) is 0. The Morgan fingerprint density at radius 1 is 0.654 bits per heavy atom. The number of rotatable bonds is 6. The summed E-state index contributed by atoms with van der Waals surface area (Å²) in [6.07, 6.45) is 0. The summed E-state index contributed by atoms with van der Waals surface area (Å²) in [6, 6.07) is 17.0. The predicted octanol–water partition coefficient (Wildman–Crippen LogP) is 6.21. The zero-order chi connectivity index (χ0) is 19.7. The molecular formula is C23H37PSi2. The zero-order valence-electron chi connectivity index (χ0n) is 18.3. The van der Waals surface area contributed by atoms with Crippen molar-refractivity contribution in [3.05, 3.63) is 58.7 Å². The van der Waals surface area contributed by atoms with Crippen molar-refractivity contribution >= 4 is 34.7 Å². The molecule has 0 aliphatic rings. The summed E-state index contributed by atoms with van der Waals surface area (Å²) >= 11 is 0. The summed E-state index contributed by atoms with van der Waals surface area (Å²) in [5, 5.41) is 3.02. The maximum atomic E-state index is 2.46. The molecule has 0 nitrogen and oxygen atoms in total. The minimum atomic E-state index is -1.06. The molecular weight excluding hydrogens is 363 g/mol. The minimum Gasteiger partial charge on any atom is -0.0693 e. The van der Waals surface area contributed by atoms with E-state index in [-0.39, 0.29) is 7.92 Å². The molecule has 0 saturated carbocycles. The van der Waals surface area contributed by atoms with Crippen LogP contribution in [0.25, 0.3) is 0 Å². The predicted molar refractivity (Wildman–Crippen MR) is 129 cm³/mol. The van der Waals surface area contributed by atoms with Crippen LogP contribution in [0, 0.1) is 13.8 Å². The summed E-state index contributed by atoms with van der Waals surface area (Å²) in [4.78, 5) is 0. The van der Waals surface area contributed by atoms with E-state index in [9.17, 15) is 0 Å². The van der Waals surface area contributed by atoms with Gasteiger partial charge >= 0.3 is 0 Å². The molecule has 0 unspecified atom stereocenters. The first kappa shape index (κ1) is 21.6. The van der Waals surface area contributed by atoms with Crippen molar-refractivity contribution in [2.75, 3.05) is 6.66 Å². The standard InChI is InChI=1S/C23H37PSi2/c1-18-14-22(12-10-20(18)16-25(4,5)6)24(3)23-13-11-21(19(2)15-23)17-26(7,8)9/h10-15H,16-17H2,1-9H3. The molecule has 2 aromatic rings. The van der Waals surface area contributed by atoms with Gasteiger partial charge in [-0.05, 0) is 73.4 Å². The van der Waals surface area contributed by atoms with Crippen LogP contribution < -0.4 is 10.6 Å². The Kier molecular flexibility index (Phi) is 6.75. The lowest BCUT2D eigenvalue weighted by molar-refractivity contribution is 1.25. The molecule has 0 heterocycles. The van der Waals surface area contributed by atoms with Gasteiger partial charge in [0, 0.05) is 16.1 Å². The quantitative estimate of drug-likeness (QED) is 0.400. The van der Waals surface area contributed by atoms with E-state index in [1.165, 1.54) is 33.8 Å². The van der Waals surface area contributed by atoms with Crippen molar-refractivity contribution in [3.8, 4) is 0 Å². The maximum absolute atomic E-state index is 2.46. The fourth-order valence-electron chi connectivity index (χ4n) is 3.47. The highest BCUT2D eigenvalue weighted by Gasteiger charge is 2.18. The van der Waals surface area contributed by atoms with Crippen molar-refractivity contribution in [3.63, 3.8) is 0 Å². The van der Waals surface area contributed by atoms with E-state index < -0.39 is 16.1 Å². The molecule has 0 saturated heterocycles. The van der Waals surface area contributed by atoms with Gasteiger partial charge in [0.25, 0.3) is 0 Å². The summed E-state index contributed by atoms with van der Waals surface area (Å²) in [6.45, 7) is 21.7. The first-order valence-corrected chi connectivity index (χ1v) is 19.0. The van der Waals surface area contributed by atoms with Crippen molar-refractivity contribution < 1.29 is 0 Å². The highest BCUT2D eigenvalue weighted by molar-refractivity contribution is 7.72. The molecule has 0 fully saturated rings. The van der Waals surface area contributed by atoms with E-state index in [2.05, 4.69) is 96.2 Å². The lowest BCUT2D eigenvalue weighted by atomic mass is 10.1. The third-order valence-corrected chi connectivity index (χ3v) is 9.86. The minimum absolute atomic E-state index is 0.271. The molecule has 0 spiro atoms. The lowest BCUT2D eigenvalue weighted by Gasteiger charge is -2.21. The van der Waals surface area contributed by atoms with Crippen LogP contribution in [0.15, 0.2) is 36.4 Å². The van der Waals surface area contributed by atoms with E-state index in [1.54, 1.807) is 11.1 Å². The summed E-state index contributed by atoms with van der Waals surface area (Å²) in [7, 11) is -2.40. The monoisotopic (exact) mass is 400 g/mol. The molecule has 0 bridgehead atoms. The second-order valence-electron chi connectivity index (χ2n) is 10.3. The molecule has 0 aliphatic carbocycles. The number of benzene rings is 2. The van der Waals surface area contributed by atoms with Crippen LogP contribution in [0.5, 0.6) is 0 Å². The summed E-state index contributed by atoms with van der Waals surface area (Å²) in [5.41, 5.74) is 6.06. The van der Waals surface area contributed by atoms with E-state index in [0.717, 1.165) is 0 Å². The van der Waals surface area contributed by atoms with E-state index in [4.69, 9.17) is 0 Å². The molecule has 0 radical (unpaired) electrons. The number of hydrogen-bond donors (Lipinski definition) is 0. The fourth-order valence-corrected chi connectivity index (χ4v) is 8.21. The highest BCUT2D eigenvalue weighted by atomic mass is 31.1. The molecule has 142 valence electrons. The van der Waals surface area contributed by atoms with E-state index in [1.807, 2.05) is 0 Å². The van der Waals surface area contributed by atoms with Crippen molar-refractivity contribution in [1.29, 1.82) is 0 Å². The zero-order valence-corrected chi connectivity index (χ0v) is 21.2. The maximum Gasteiger partial charge on any atom is 0.0487 e. The molecule has 0 aliphatic heterocycles. The van der Waals surface area contributed by atoms with Gasteiger partial charge < -0.3 is 0 Å². The molecule has 0 N–H and O–H groups in total. The molecule has 26 heavy (non-hydrogen) atoms. The van der Waals surface area contributed by atoms with Gasteiger partial charge in [-0.25, -0.2) is 0 Å². The first-order chi connectivity index (χ1) is 11.9. The van der Waals surface area contributed by atoms with Crippen molar-refractivity contribution in [1.82, 2.24) is 0 Å². The summed E-state index contributed by atoms with van der Waals surface area (Å²) in [5.74, 6) is 0. The van der Waals surface area contributed by atoms with E-state index >= 15 is 0 Å². The Hall–Kier alpha value is -0.696. The molecule has 2 aromatic carbocycles. The molecule has 2 rings (SSSR count). The van der Waals surface area contributed by atoms with Crippen molar-refractivity contribution in [2.24, 2.45) is 0 Å². The molecule has 3 heteroatoms. The second kappa shape index (κ2) is 8.13. The lowest BCUT2D eigenvalue weighted by Crippen LogP contribution is -2.25. The van der Waals surface area contributed by atoms with Gasteiger partial charge in [0.1, 0.15) is 0 Å². The van der Waals surface area contributed by atoms with Crippen molar-refractivity contribution in [2.45, 2.75) is 65.2 Å². The third kappa shape index (κ3) is 6.18. The average molecular weight is 401 g/mol. The average Bonchev–Trinajstić information content (AvgIpc) is 2.48. The van der Waals surface area contributed by atoms with Crippen LogP contribution >= 0.6 is 7.92 Å². The van der Waals surface area contributed by atoms with Crippen LogP contribution in [0.4, 0.5) is 0 Å². The first-order valence-electron chi connectivity index (χ1n) is 9.78. The molecule has 0 atom stereocenters. The Morgan fingerprint density at radius 2 is 1.00 bits per heavy atom. The van der Waals surface area contributed by atoms with Crippen LogP contribution in [-0.4, -0.2) is 22.8 Å². The Balaban J connectivity index is 2.25. The van der Waals surface area contributed by atoms with Crippen LogP contribution in [-0.2, 0) is 12.1 Å². The van der Waals surface area contributed by atoms with Gasteiger partial charge in [-0.3, -0.25) is 0 Å². The van der Waals surface area contributed by atoms with Gasteiger partial charge in [-0.1, -0.05) is 75.7 Å². The number of aryl methyl sites for hydroxylation is 2. The normalized spacial score (nSPS) is 12.7. The Morgan fingerprint density at radius 3 is 1.27 bits per heavy atom. The SMILES string of the molecule is Cc1cc(P(C)c2ccc(C[Si](C)(C)C)c(C)c2)ccc1C[Si](C)(C)C. The molecule has 0 amide bonds. The van der Waals surface area contributed by atoms with Gasteiger partial charge in [0.2, 0.25) is 0 Å². The van der Waals surface area contributed by atoms with E-state index in [0.29, 0.717) is 0 Å². The van der Waals surface area contributed by atoms with Gasteiger partial charge in [0.05, 0.1) is 0 Å². The van der Waals surface area contributed by atoms with Gasteiger partial charge in [-0.2, -0.15) is 0 Å².